The molecule has 2 rings (SSSR count). The van der Waals surface area contributed by atoms with Gasteiger partial charge in [0.1, 0.15) is 11.4 Å². The molecule has 0 saturated heterocycles. The van der Waals surface area contributed by atoms with E-state index in [1.807, 2.05) is 43.3 Å². The maximum Gasteiger partial charge on any atom is 0.346 e. The molecule has 1 aromatic heterocycles. The molecule has 0 unspecified atom stereocenters. The predicted octanol–water partition coefficient (Wildman–Crippen LogP) is 1.56. The Hall–Kier alpha value is -2.50. The van der Waals surface area contributed by atoms with E-state index in [2.05, 4.69) is 0 Å². The molecule has 0 spiro atoms. The van der Waals surface area contributed by atoms with E-state index in [9.17, 15) is 10.0 Å². The van der Waals surface area contributed by atoms with Gasteiger partial charge >= 0.3 is 5.97 Å². The van der Waals surface area contributed by atoms with Crippen LogP contribution in [0.3, 0.4) is 0 Å². The van der Waals surface area contributed by atoms with Crippen LogP contribution in [0.1, 0.15) is 11.4 Å². The summed E-state index contributed by atoms with van der Waals surface area (Å²) in [5.74, 6) is -0.613. The standard InChI is InChI=1S/C15H19N3O3/c1-10-11(2)18(21)15(17(10)9-14(19)20)12-5-7-13(8-6-12)16(3)4/h5-8H,9H2,1-4H3,(H,19,20). The zero-order valence-corrected chi connectivity index (χ0v) is 12.6. The summed E-state index contributed by atoms with van der Waals surface area (Å²) in [5.41, 5.74) is 2.90. The molecule has 0 saturated carbocycles. The Kier molecular flexibility index (Phi) is 3.88. The second kappa shape index (κ2) is 5.47. The van der Waals surface area contributed by atoms with E-state index in [-0.39, 0.29) is 6.54 Å². The Morgan fingerprint density at radius 2 is 1.86 bits per heavy atom. The van der Waals surface area contributed by atoms with Gasteiger partial charge in [-0.15, -0.1) is 0 Å². The van der Waals surface area contributed by atoms with Crippen LogP contribution in [-0.4, -0.2) is 29.7 Å². The molecule has 6 nitrogen and oxygen atoms in total. The van der Waals surface area contributed by atoms with Crippen LogP contribution in [-0.2, 0) is 11.3 Å². The van der Waals surface area contributed by atoms with Crippen molar-refractivity contribution in [2.24, 2.45) is 0 Å². The lowest BCUT2D eigenvalue weighted by atomic mass is 10.2. The molecule has 0 radical (unpaired) electrons. The van der Waals surface area contributed by atoms with Gasteiger partial charge in [0, 0.05) is 33.6 Å². The highest BCUT2D eigenvalue weighted by Crippen LogP contribution is 2.23. The van der Waals surface area contributed by atoms with Crippen molar-refractivity contribution in [3.8, 4) is 11.4 Å². The molecule has 0 aliphatic carbocycles. The van der Waals surface area contributed by atoms with Gasteiger partial charge in [0.25, 0.3) is 5.82 Å². The molecular weight excluding hydrogens is 270 g/mol. The fraction of sp³-hybridized carbons (Fsp3) is 0.333. The van der Waals surface area contributed by atoms with Crippen molar-refractivity contribution < 1.29 is 14.6 Å². The van der Waals surface area contributed by atoms with Crippen molar-refractivity contribution >= 4 is 11.7 Å². The van der Waals surface area contributed by atoms with Crippen LogP contribution in [0.4, 0.5) is 5.69 Å². The van der Waals surface area contributed by atoms with Crippen molar-refractivity contribution in [1.29, 1.82) is 0 Å². The first-order valence-corrected chi connectivity index (χ1v) is 6.61. The second-order valence-corrected chi connectivity index (χ2v) is 5.21. The number of rotatable bonds is 4. The second-order valence-electron chi connectivity index (χ2n) is 5.21. The van der Waals surface area contributed by atoms with Crippen molar-refractivity contribution in [3.63, 3.8) is 0 Å². The van der Waals surface area contributed by atoms with Crippen LogP contribution >= 0.6 is 0 Å². The minimum atomic E-state index is -0.972. The highest BCUT2D eigenvalue weighted by atomic mass is 16.5. The van der Waals surface area contributed by atoms with E-state index < -0.39 is 5.97 Å². The van der Waals surface area contributed by atoms with Gasteiger partial charge in [-0.1, -0.05) is 0 Å². The van der Waals surface area contributed by atoms with Crippen LogP contribution < -0.4 is 9.63 Å². The number of carbonyl (C=O) groups is 1. The van der Waals surface area contributed by atoms with Crippen LogP contribution in [0.25, 0.3) is 11.4 Å². The Labute approximate surface area is 123 Å². The highest BCUT2D eigenvalue weighted by molar-refractivity contribution is 5.68. The molecule has 0 amide bonds. The Bertz CT molecular complexity index is 672. The summed E-state index contributed by atoms with van der Waals surface area (Å²) >= 11 is 0. The first kappa shape index (κ1) is 14.9. The molecule has 1 aromatic carbocycles. The summed E-state index contributed by atoms with van der Waals surface area (Å²) in [6.45, 7) is 3.22. The number of aliphatic carboxylic acids is 1. The monoisotopic (exact) mass is 289 g/mol. The van der Waals surface area contributed by atoms with E-state index in [1.54, 1.807) is 13.8 Å². The van der Waals surface area contributed by atoms with Gasteiger partial charge in [-0.2, -0.15) is 0 Å². The predicted molar refractivity (Wildman–Crippen MR) is 80.3 cm³/mol. The van der Waals surface area contributed by atoms with Gasteiger partial charge in [0.2, 0.25) is 0 Å². The van der Waals surface area contributed by atoms with Crippen LogP contribution in [0.15, 0.2) is 24.3 Å². The fourth-order valence-corrected chi connectivity index (χ4v) is 2.28. The summed E-state index contributed by atoms with van der Waals surface area (Å²) in [5, 5.41) is 21.3. The molecule has 0 bridgehead atoms. The normalized spacial score (nSPS) is 10.7. The topological polar surface area (TPSA) is 72.4 Å². The van der Waals surface area contributed by atoms with Crippen LogP contribution in [0.5, 0.6) is 0 Å². The number of nitrogens with zero attached hydrogens (tertiary/aromatic N) is 3. The summed E-state index contributed by atoms with van der Waals surface area (Å²) in [6.07, 6.45) is 0. The van der Waals surface area contributed by atoms with E-state index >= 15 is 0 Å². The van der Waals surface area contributed by atoms with Gasteiger partial charge in [0.05, 0.1) is 5.56 Å². The maximum atomic E-state index is 12.3. The van der Waals surface area contributed by atoms with Gasteiger partial charge in [-0.25, -0.2) is 14.1 Å². The number of imidazole rings is 1. The average molecular weight is 289 g/mol. The van der Waals surface area contributed by atoms with Crippen molar-refractivity contribution in [2.75, 3.05) is 19.0 Å². The van der Waals surface area contributed by atoms with Gasteiger partial charge in [-0.3, -0.25) is 0 Å². The molecule has 21 heavy (non-hydrogen) atoms. The quantitative estimate of drug-likeness (QED) is 0.685. The van der Waals surface area contributed by atoms with Crippen molar-refractivity contribution in [3.05, 3.63) is 40.9 Å². The first-order valence-electron chi connectivity index (χ1n) is 6.61. The molecule has 1 heterocycles. The lowest BCUT2D eigenvalue weighted by Crippen LogP contribution is -2.31. The van der Waals surface area contributed by atoms with Crippen molar-refractivity contribution in [1.82, 2.24) is 4.57 Å². The Balaban J connectivity index is 2.56. The largest absolute Gasteiger partial charge is 0.710 e. The summed E-state index contributed by atoms with van der Waals surface area (Å²) in [4.78, 5) is 13.0. The highest BCUT2D eigenvalue weighted by Gasteiger charge is 2.25. The van der Waals surface area contributed by atoms with E-state index in [0.717, 1.165) is 10.4 Å². The SMILES string of the molecule is Cc1c(C)[n+]([O-])c(-c2ccc(N(C)C)cc2)n1CC(=O)O. The smallest absolute Gasteiger partial charge is 0.346 e. The molecule has 6 heteroatoms. The molecule has 1 N–H and O–H groups in total. The van der Waals surface area contributed by atoms with Gasteiger partial charge in [-0.05, 0) is 24.3 Å². The molecule has 0 fully saturated rings. The Morgan fingerprint density at radius 3 is 2.33 bits per heavy atom. The number of hydrogen-bond acceptors (Lipinski definition) is 3. The lowest BCUT2D eigenvalue weighted by Gasteiger charge is -2.12. The fourth-order valence-electron chi connectivity index (χ4n) is 2.28. The van der Waals surface area contributed by atoms with Gasteiger partial charge < -0.3 is 15.2 Å². The van der Waals surface area contributed by atoms with Crippen molar-refractivity contribution in [2.45, 2.75) is 20.4 Å². The number of anilines is 1. The summed E-state index contributed by atoms with van der Waals surface area (Å²) < 4.78 is 2.33. The number of hydrogen-bond donors (Lipinski definition) is 1. The number of carboxylic acids is 1. The number of benzene rings is 1. The summed E-state index contributed by atoms with van der Waals surface area (Å²) in [6, 6.07) is 7.46. The third-order valence-electron chi connectivity index (χ3n) is 3.62. The van der Waals surface area contributed by atoms with Gasteiger partial charge in [0.15, 0.2) is 6.54 Å². The van der Waals surface area contributed by atoms with Crippen LogP contribution in [0.2, 0.25) is 0 Å². The average Bonchev–Trinajstić information content (AvgIpc) is 2.63. The molecular formula is C15H19N3O3. The zero-order chi connectivity index (χ0) is 15.7. The third-order valence-corrected chi connectivity index (χ3v) is 3.62. The van der Waals surface area contributed by atoms with E-state index in [0.29, 0.717) is 22.8 Å². The van der Waals surface area contributed by atoms with E-state index in [1.165, 1.54) is 4.57 Å². The summed E-state index contributed by atoms with van der Waals surface area (Å²) in [7, 11) is 3.87. The zero-order valence-electron chi connectivity index (χ0n) is 12.6. The lowest BCUT2D eigenvalue weighted by molar-refractivity contribution is -0.599. The molecule has 112 valence electrons. The maximum absolute atomic E-state index is 12.3. The first-order chi connectivity index (χ1) is 9.82. The Morgan fingerprint density at radius 1 is 1.29 bits per heavy atom. The van der Waals surface area contributed by atoms with E-state index in [4.69, 9.17) is 5.11 Å². The minimum Gasteiger partial charge on any atom is -0.710 e. The minimum absolute atomic E-state index is 0.229. The third kappa shape index (κ3) is 2.69. The van der Waals surface area contributed by atoms with Crippen LogP contribution in [0, 0.1) is 19.1 Å². The number of aromatic nitrogens is 2. The molecule has 2 aromatic rings. The molecule has 0 atom stereocenters. The molecule has 0 aliphatic heterocycles. The number of carboxylic acid groups (broad SMARTS) is 1. The molecule has 0 aliphatic rings.